The SMILES string of the molecule is C[C@]12CCC(=O)C=C1CC[C@@H]1[C@@H]2CC[C@@]2(C)[C@H]1CC[C@]2(O)C(=O)COC(=O)CCC(=O)NC[C@@H](CC(=O)O)c1ccccc1. The van der Waals surface area contributed by atoms with Crippen LogP contribution in [0.3, 0.4) is 0 Å². The van der Waals surface area contributed by atoms with Crippen LogP contribution in [0.15, 0.2) is 42.0 Å². The van der Waals surface area contributed by atoms with Crippen molar-refractivity contribution in [2.24, 2.45) is 28.6 Å². The third-order valence-corrected chi connectivity index (χ3v) is 11.7. The van der Waals surface area contributed by atoms with E-state index in [0.717, 1.165) is 37.7 Å². The molecule has 238 valence electrons. The predicted octanol–water partition coefficient (Wildman–Crippen LogP) is 4.52. The maximum Gasteiger partial charge on any atom is 0.306 e. The summed E-state index contributed by atoms with van der Waals surface area (Å²) in [7, 11) is 0. The molecule has 0 aromatic heterocycles. The molecule has 4 aliphatic rings. The third kappa shape index (κ3) is 6.00. The van der Waals surface area contributed by atoms with E-state index in [4.69, 9.17) is 4.74 Å². The van der Waals surface area contributed by atoms with Crippen LogP contribution >= 0.6 is 0 Å². The molecule has 0 radical (unpaired) electrons. The van der Waals surface area contributed by atoms with E-state index in [1.54, 1.807) is 12.1 Å². The first-order chi connectivity index (χ1) is 20.9. The Balaban J connectivity index is 1.12. The molecule has 3 saturated carbocycles. The maximum atomic E-state index is 13.5. The van der Waals surface area contributed by atoms with E-state index in [1.165, 1.54) is 5.57 Å². The predicted molar refractivity (Wildman–Crippen MR) is 161 cm³/mol. The molecule has 9 heteroatoms. The zero-order valence-corrected chi connectivity index (χ0v) is 25.8. The van der Waals surface area contributed by atoms with E-state index in [-0.39, 0.29) is 42.9 Å². The first-order valence-corrected chi connectivity index (χ1v) is 16.1. The third-order valence-electron chi connectivity index (χ3n) is 11.7. The lowest BCUT2D eigenvalue weighted by atomic mass is 9.46. The molecule has 0 bridgehead atoms. The summed E-state index contributed by atoms with van der Waals surface area (Å²) in [6, 6.07) is 9.06. The first-order valence-electron chi connectivity index (χ1n) is 16.1. The monoisotopic (exact) mass is 607 g/mol. The lowest BCUT2D eigenvalue weighted by Gasteiger charge is -2.58. The van der Waals surface area contributed by atoms with Gasteiger partial charge in [0.15, 0.2) is 12.4 Å². The highest BCUT2D eigenvalue weighted by Gasteiger charge is 2.66. The number of fused-ring (bicyclic) bond motifs is 5. The number of rotatable bonds is 11. The van der Waals surface area contributed by atoms with Gasteiger partial charge in [-0.15, -0.1) is 0 Å². The number of ether oxygens (including phenoxy) is 1. The van der Waals surface area contributed by atoms with Crippen molar-refractivity contribution in [2.45, 2.75) is 96.0 Å². The van der Waals surface area contributed by atoms with Crippen molar-refractivity contribution in [2.75, 3.05) is 13.2 Å². The smallest absolute Gasteiger partial charge is 0.306 e. The quantitative estimate of drug-likeness (QED) is 0.311. The Morgan fingerprint density at radius 2 is 1.70 bits per heavy atom. The van der Waals surface area contributed by atoms with Gasteiger partial charge >= 0.3 is 11.9 Å². The zero-order valence-electron chi connectivity index (χ0n) is 25.8. The fourth-order valence-electron chi connectivity index (χ4n) is 9.16. The summed E-state index contributed by atoms with van der Waals surface area (Å²) >= 11 is 0. The molecule has 5 rings (SSSR count). The first kappa shape index (κ1) is 32.1. The number of hydrogen-bond acceptors (Lipinski definition) is 7. The molecule has 0 heterocycles. The van der Waals surface area contributed by atoms with Crippen LogP contribution < -0.4 is 5.32 Å². The van der Waals surface area contributed by atoms with E-state index in [9.17, 15) is 34.2 Å². The Labute approximate surface area is 258 Å². The van der Waals surface area contributed by atoms with Gasteiger partial charge < -0.3 is 20.3 Å². The number of ketones is 2. The van der Waals surface area contributed by atoms with Crippen molar-refractivity contribution >= 4 is 29.4 Å². The number of nitrogens with one attached hydrogen (secondary N) is 1. The molecule has 0 unspecified atom stereocenters. The van der Waals surface area contributed by atoms with Gasteiger partial charge in [-0.05, 0) is 79.8 Å². The molecule has 0 saturated heterocycles. The van der Waals surface area contributed by atoms with E-state index in [0.29, 0.717) is 31.1 Å². The second-order valence-corrected chi connectivity index (χ2v) is 13.9. The topological polar surface area (TPSA) is 147 Å². The van der Waals surface area contributed by atoms with Gasteiger partial charge in [-0.25, -0.2) is 0 Å². The lowest BCUT2D eigenvalue weighted by Crippen LogP contribution is -2.58. The average Bonchev–Trinajstić information content (AvgIpc) is 3.28. The Kier molecular flexibility index (Phi) is 9.17. The highest BCUT2D eigenvalue weighted by atomic mass is 16.5. The number of carbonyl (C=O) groups excluding carboxylic acids is 4. The summed E-state index contributed by atoms with van der Waals surface area (Å²) < 4.78 is 5.26. The Hall–Kier alpha value is -3.33. The van der Waals surface area contributed by atoms with Gasteiger partial charge in [0.2, 0.25) is 11.7 Å². The van der Waals surface area contributed by atoms with Gasteiger partial charge in [0.05, 0.1) is 12.8 Å². The van der Waals surface area contributed by atoms with Crippen LogP contribution in [0.5, 0.6) is 0 Å². The summed E-state index contributed by atoms with van der Waals surface area (Å²) in [6.07, 6.45) is 7.33. The minimum absolute atomic E-state index is 0.00338. The molecule has 0 aliphatic heterocycles. The van der Waals surface area contributed by atoms with Crippen molar-refractivity contribution in [1.82, 2.24) is 5.32 Å². The highest BCUT2D eigenvalue weighted by Crippen LogP contribution is 2.67. The Bertz CT molecular complexity index is 1340. The summed E-state index contributed by atoms with van der Waals surface area (Å²) in [6.45, 7) is 3.91. The number of carboxylic acids is 1. The number of amides is 1. The standard InChI is InChI=1S/C35H45NO8/c1-33-15-12-25(37)19-24(33)8-9-26-27(33)13-16-34(2)28(26)14-17-35(34,43)29(38)21-44-32(42)11-10-30(39)36-20-23(18-31(40)41)22-6-4-3-5-7-22/h3-7,19,23,26-28,43H,8-18,20-21H2,1-2H3,(H,36,39)(H,40,41)/t23-,26-,27+,28+,33+,34+,35+/m1/s1. The number of esters is 1. The van der Waals surface area contributed by atoms with E-state index in [2.05, 4.69) is 12.2 Å². The number of carbonyl (C=O) groups is 5. The van der Waals surface area contributed by atoms with Crippen LogP contribution in [0, 0.1) is 28.6 Å². The van der Waals surface area contributed by atoms with Crippen molar-refractivity contribution in [1.29, 1.82) is 0 Å². The molecule has 9 nitrogen and oxygen atoms in total. The van der Waals surface area contributed by atoms with Gasteiger partial charge in [0, 0.05) is 30.7 Å². The summed E-state index contributed by atoms with van der Waals surface area (Å²) in [4.78, 5) is 61.7. The molecule has 1 aromatic carbocycles. The second kappa shape index (κ2) is 12.6. The number of aliphatic hydroxyl groups is 1. The molecule has 3 fully saturated rings. The van der Waals surface area contributed by atoms with E-state index < -0.39 is 47.2 Å². The number of benzene rings is 1. The number of Topliss-reactive ketones (excluding diaryl/α,β-unsaturated/α-hetero) is 1. The fourth-order valence-corrected chi connectivity index (χ4v) is 9.16. The highest BCUT2D eigenvalue weighted by molar-refractivity contribution is 5.92. The zero-order chi connectivity index (χ0) is 31.7. The summed E-state index contributed by atoms with van der Waals surface area (Å²) in [5.74, 6) is -1.75. The molecule has 0 spiro atoms. The lowest BCUT2D eigenvalue weighted by molar-refractivity contribution is -0.170. The minimum Gasteiger partial charge on any atom is -0.481 e. The summed E-state index contributed by atoms with van der Waals surface area (Å²) in [5.41, 5.74) is -0.100. The van der Waals surface area contributed by atoms with Crippen molar-refractivity contribution in [3.63, 3.8) is 0 Å². The molecule has 7 atom stereocenters. The molecule has 44 heavy (non-hydrogen) atoms. The molecule has 3 N–H and O–H groups in total. The molecule has 1 aromatic rings. The van der Waals surface area contributed by atoms with Crippen LogP contribution in [-0.4, -0.2) is 58.4 Å². The average molecular weight is 608 g/mol. The fraction of sp³-hybridized carbons (Fsp3) is 0.629. The van der Waals surface area contributed by atoms with Crippen molar-refractivity contribution in [3.05, 3.63) is 47.5 Å². The minimum atomic E-state index is -1.57. The van der Waals surface area contributed by atoms with Gasteiger partial charge in [-0.2, -0.15) is 0 Å². The number of carboxylic acid groups (broad SMARTS) is 1. The molecular formula is C35H45NO8. The number of allylic oxidation sites excluding steroid dienone is 1. The number of aliphatic carboxylic acids is 1. The van der Waals surface area contributed by atoms with Gasteiger partial charge in [-0.1, -0.05) is 49.8 Å². The summed E-state index contributed by atoms with van der Waals surface area (Å²) in [5, 5.41) is 23.8. The van der Waals surface area contributed by atoms with Gasteiger partial charge in [-0.3, -0.25) is 24.0 Å². The van der Waals surface area contributed by atoms with Crippen LogP contribution in [-0.2, 0) is 28.7 Å². The van der Waals surface area contributed by atoms with Crippen LogP contribution in [0.2, 0.25) is 0 Å². The molecule has 1 amide bonds. The normalized spacial score (nSPS) is 33.2. The maximum absolute atomic E-state index is 13.5. The van der Waals surface area contributed by atoms with E-state index in [1.807, 2.05) is 31.2 Å². The largest absolute Gasteiger partial charge is 0.481 e. The number of hydrogen-bond donors (Lipinski definition) is 3. The molecule has 4 aliphatic carbocycles. The Morgan fingerprint density at radius 1 is 0.977 bits per heavy atom. The molecular weight excluding hydrogens is 562 g/mol. The van der Waals surface area contributed by atoms with Crippen molar-refractivity contribution < 1.29 is 38.9 Å². The Morgan fingerprint density at radius 3 is 2.43 bits per heavy atom. The van der Waals surface area contributed by atoms with Gasteiger partial charge in [0.1, 0.15) is 5.60 Å². The van der Waals surface area contributed by atoms with Gasteiger partial charge in [0.25, 0.3) is 0 Å². The van der Waals surface area contributed by atoms with Crippen molar-refractivity contribution in [3.8, 4) is 0 Å². The van der Waals surface area contributed by atoms with Crippen LogP contribution in [0.4, 0.5) is 0 Å². The second-order valence-electron chi connectivity index (χ2n) is 13.9. The van der Waals surface area contributed by atoms with E-state index >= 15 is 0 Å². The van der Waals surface area contributed by atoms with Crippen LogP contribution in [0.1, 0.15) is 96.0 Å². The van der Waals surface area contributed by atoms with Crippen LogP contribution in [0.25, 0.3) is 0 Å².